The van der Waals surface area contributed by atoms with Gasteiger partial charge in [-0.05, 0) is 38.5 Å². The maximum absolute atomic E-state index is 12.4. The van der Waals surface area contributed by atoms with E-state index in [-0.39, 0.29) is 6.10 Å². The van der Waals surface area contributed by atoms with Gasteiger partial charge in [0.05, 0.1) is 13.2 Å². The first kappa shape index (κ1) is 23.1. The van der Waals surface area contributed by atoms with Crippen molar-refractivity contribution in [2.24, 2.45) is 4.99 Å². The van der Waals surface area contributed by atoms with Crippen LogP contribution in [-0.2, 0) is 29.5 Å². The summed E-state index contributed by atoms with van der Waals surface area (Å²) in [6, 6.07) is 14.1. The number of nitrogens with zero attached hydrogens (tertiary/aromatic N) is 1. The number of rotatable bonds is 10. The molecule has 0 aliphatic carbocycles. The summed E-state index contributed by atoms with van der Waals surface area (Å²) in [7, 11) is -0.923. The van der Waals surface area contributed by atoms with Crippen molar-refractivity contribution >= 4 is 16.8 Å². The number of ether oxygens (including phenoxy) is 2. The van der Waals surface area contributed by atoms with E-state index < -0.39 is 10.8 Å². The molecule has 3 rings (SSSR count). The fraction of sp³-hybridized carbons (Fsp3) is 0.458. The van der Waals surface area contributed by atoms with Gasteiger partial charge in [0.1, 0.15) is 17.6 Å². The maximum atomic E-state index is 12.4. The summed E-state index contributed by atoms with van der Waals surface area (Å²) >= 11 is 0. The maximum Gasteiger partial charge on any atom is 0.191 e. The quantitative estimate of drug-likeness (QED) is 0.435. The fourth-order valence-electron chi connectivity index (χ4n) is 3.52. The molecule has 0 bridgehead atoms. The minimum absolute atomic E-state index is 0.193. The molecule has 0 aromatic heterocycles. The van der Waals surface area contributed by atoms with Crippen LogP contribution in [0.1, 0.15) is 37.5 Å². The van der Waals surface area contributed by atoms with Crippen molar-refractivity contribution in [3.63, 3.8) is 0 Å². The number of hydrogen-bond acceptors (Lipinski definition) is 4. The number of guanidine groups is 1. The van der Waals surface area contributed by atoms with Crippen molar-refractivity contribution in [1.82, 2.24) is 10.6 Å². The summed E-state index contributed by atoms with van der Waals surface area (Å²) in [6.07, 6.45) is 1.10. The minimum atomic E-state index is -0.923. The summed E-state index contributed by atoms with van der Waals surface area (Å²) in [6.45, 7) is 8.52. The molecule has 0 spiro atoms. The molecule has 2 aromatic carbocycles. The lowest BCUT2D eigenvalue weighted by molar-refractivity contribution is 0.254. The Morgan fingerprint density at radius 1 is 1.23 bits per heavy atom. The molecular formula is C24H33N3O3S. The highest BCUT2D eigenvalue weighted by atomic mass is 32.2. The lowest BCUT2D eigenvalue weighted by atomic mass is 10.1. The van der Waals surface area contributed by atoms with Crippen LogP contribution < -0.4 is 20.1 Å². The summed E-state index contributed by atoms with van der Waals surface area (Å²) < 4.78 is 24.1. The first-order valence-electron chi connectivity index (χ1n) is 10.9. The van der Waals surface area contributed by atoms with Crippen LogP contribution in [0.4, 0.5) is 0 Å². The minimum Gasteiger partial charge on any atom is -0.494 e. The zero-order valence-electron chi connectivity index (χ0n) is 18.6. The first-order valence-corrected chi connectivity index (χ1v) is 12.4. The molecule has 1 aliphatic rings. The van der Waals surface area contributed by atoms with Gasteiger partial charge >= 0.3 is 0 Å². The van der Waals surface area contributed by atoms with Gasteiger partial charge in [0.25, 0.3) is 0 Å². The molecule has 1 aliphatic heterocycles. The molecule has 6 nitrogen and oxygen atoms in total. The molecule has 2 N–H and O–H groups in total. The molecule has 31 heavy (non-hydrogen) atoms. The van der Waals surface area contributed by atoms with Crippen LogP contribution in [0.25, 0.3) is 0 Å². The summed E-state index contributed by atoms with van der Waals surface area (Å²) in [5.74, 6) is 3.63. The lowest BCUT2D eigenvalue weighted by Crippen LogP contribution is -2.39. The van der Waals surface area contributed by atoms with E-state index in [4.69, 9.17) is 14.5 Å². The SMILES string of the molecule is CCNC(=NCc1cc2c(cc1OCC)CC(C)O2)NCCS(=O)Cc1ccccc1. The Kier molecular flexibility index (Phi) is 8.76. The normalized spacial score (nSPS) is 16.4. The average Bonchev–Trinajstić information content (AvgIpc) is 3.11. The van der Waals surface area contributed by atoms with Gasteiger partial charge < -0.3 is 20.1 Å². The van der Waals surface area contributed by atoms with Gasteiger partial charge in [-0.15, -0.1) is 0 Å². The summed E-state index contributed by atoms with van der Waals surface area (Å²) in [5.41, 5.74) is 3.28. The van der Waals surface area contributed by atoms with E-state index in [0.29, 0.717) is 37.2 Å². The molecule has 2 unspecified atom stereocenters. The van der Waals surface area contributed by atoms with Crippen LogP contribution in [0.3, 0.4) is 0 Å². The standard InChI is InChI=1S/C24H33N3O3S/c1-4-25-24(26-11-12-31(28)17-19-9-7-6-8-10-19)27-16-21-15-23-20(13-18(3)30-23)14-22(21)29-5-2/h6-10,14-15,18H,4-5,11-13,16-17H2,1-3H3,(H2,25,26,27). The first-order chi connectivity index (χ1) is 15.1. The lowest BCUT2D eigenvalue weighted by Gasteiger charge is -2.14. The average molecular weight is 444 g/mol. The van der Waals surface area contributed by atoms with Gasteiger partial charge in [-0.1, -0.05) is 30.3 Å². The summed E-state index contributed by atoms with van der Waals surface area (Å²) in [5, 5.41) is 6.55. The predicted octanol–water partition coefficient (Wildman–Crippen LogP) is 3.41. The summed E-state index contributed by atoms with van der Waals surface area (Å²) in [4.78, 5) is 4.71. The van der Waals surface area contributed by atoms with Crippen LogP contribution in [0.5, 0.6) is 11.5 Å². The molecule has 1 heterocycles. The second-order valence-corrected chi connectivity index (χ2v) is 9.11. The molecule has 2 aromatic rings. The Bertz CT molecular complexity index is 902. The number of benzene rings is 2. The third-order valence-electron chi connectivity index (χ3n) is 4.92. The van der Waals surface area contributed by atoms with E-state index in [1.54, 1.807) is 0 Å². The van der Waals surface area contributed by atoms with E-state index in [1.807, 2.05) is 50.2 Å². The molecule has 0 radical (unpaired) electrons. The van der Waals surface area contributed by atoms with Gasteiger partial charge in [0, 0.05) is 52.9 Å². The zero-order valence-corrected chi connectivity index (χ0v) is 19.5. The predicted molar refractivity (Wildman–Crippen MR) is 127 cm³/mol. The number of fused-ring (bicyclic) bond motifs is 1. The van der Waals surface area contributed by atoms with E-state index >= 15 is 0 Å². The second kappa shape index (κ2) is 11.7. The van der Waals surface area contributed by atoms with E-state index in [2.05, 4.69) is 23.6 Å². The van der Waals surface area contributed by atoms with E-state index in [1.165, 1.54) is 5.56 Å². The van der Waals surface area contributed by atoms with Crippen LogP contribution in [0.2, 0.25) is 0 Å². The molecule has 0 fully saturated rings. The van der Waals surface area contributed by atoms with Crippen molar-refractivity contribution in [3.8, 4) is 11.5 Å². The third kappa shape index (κ3) is 6.99. The number of nitrogens with one attached hydrogen (secondary N) is 2. The Hall–Kier alpha value is -2.54. The van der Waals surface area contributed by atoms with Crippen molar-refractivity contribution in [3.05, 3.63) is 59.2 Å². The van der Waals surface area contributed by atoms with Crippen LogP contribution in [0, 0.1) is 0 Å². The third-order valence-corrected chi connectivity index (χ3v) is 6.24. The highest BCUT2D eigenvalue weighted by molar-refractivity contribution is 7.84. The van der Waals surface area contributed by atoms with Crippen molar-refractivity contribution in [1.29, 1.82) is 0 Å². The van der Waals surface area contributed by atoms with Crippen molar-refractivity contribution in [2.45, 2.75) is 45.6 Å². The van der Waals surface area contributed by atoms with Crippen LogP contribution >= 0.6 is 0 Å². The Morgan fingerprint density at radius 2 is 2.03 bits per heavy atom. The molecule has 168 valence electrons. The van der Waals surface area contributed by atoms with Crippen LogP contribution in [0.15, 0.2) is 47.5 Å². The van der Waals surface area contributed by atoms with E-state index in [0.717, 1.165) is 35.6 Å². The zero-order chi connectivity index (χ0) is 22.1. The number of aliphatic imine (C=N–C) groups is 1. The Morgan fingerprint density at radius 3 is 2.77 bits per heavy atom. The highest BCUT2D eigenvalue weighted by Crippen LogP contribution is 2.35. The molecular weight excluding hydrogens is 410 g/mol. The molecule has 0 amide bonds. The molecule has 7 heteroatoms. The fourth-order valence-corrected chi connectivity index (χ4v) is 4.55. The molecule has 2 atom stereocenters. The van der Waals surface area contributed by atoms with Gasteiger partial charge in [-0.25, -0.2) is 4.99 Å². The van der Waals surface area contributed by atoms with Crippen molar-refractivity contribution in [2.75, 3.05) is 25.4 Å². The van der Waals surface area contributed by atoms with Gasteiger partial charge in [0.15, 0.2) is 5.96 Å². The molecule has 0 saturated heterocycles. The monoisotopic (exact) mass is 443 g/mol. The smallest absolute Gasteiger partial charge is 0.191 e. The molecule has 0 saturated carbocycles. The highest BCUT2D eigenvalue weighted by Gasteiger charge is 2.21. The van der Waals surface area contributed by atoms with Crippen LogP contribution in [-0.4, -0.2) is 41.7 Å². The van der Waals surface area contributed by atoms with Crippen molar-refractivity contribution < 1.29 is 13.7 Å². The number of hydrogen-bond donors (Lipinski definition) is 2. The largest absolute Gasteiger partial charge is 0.494 e. The topological polar surface area (TPSA) is 72.0 Å². The van der Waals surface area contributed by atoms with Gasteiger partial charge in [0.2, 0.25) is 0 Å². The Labute approximate surface area is 187 Å². The van der Waals surface area contributed by atoms with E-state index in [9.17, 15) is 4.21 Å². The van der Waals surface area contributed by atoms with Gasteiger partial charge in [-0.3, -0.25) is 4.21 Å². The van der Waals surface area contributed by atoms with Gasteiger partial charge in [-0.2, -0.15) is 0 Å². The Balaban J connectivity index is 1.59. The second-order valence-electron chi connectivity index (χ2n) is 7.53.